The summed E-state index contributed by atoms with van der Waals surface area (Å²) >= 11 is 0. The molecule has 1 aromatic heterocycles. The molecule has 1 fully saturated rings. The molecule has 0 amide bonds. The number of nitrogens with zero attached hydrogens (tertiary/aromatic N) is 2. The van der Waals surface area contributed by atoms with Crippen LogP contribution in [0.1, 0.15) is 64.6 Å². The van der Waals surface area contributed by atoms with Crippen molar-refractivity contribution in [1.82, 2.24) is 15.5 Å². The van der Waals surface area contributed by atoms with E-state index >= 15 is 0 Å². The minimum absolute atomic E-state index is 0.492. The molecule has 2 rings (SSSR count). The van der Waals surface area contributed by atoms with Gasteiger partial charge in [0.1, 0.15) is 5.60 Å². The molecule has 0 spiro atoms. The third kappa shape index (κ3) is 4.27. The molecule has 1 aromatic rings. The largest absolute Gasteiger partial charge is 0.371 e. The highest BCUT2D eigenvalue weighted by Gasteiger charge is 2.29. The first-order chi connectivity index (χ1) is 10.1. The van der Waals surface area contributed by atoms with Gasteiger partial charge in [0.25, 0.3) is 0 Å². The summed E-state index contributed by atoms with van der Waals surface area (Å²) in [6, 6.07) is 0.587. The van der Waals surface area contributed by atoms with Crippen molar-refractivity contribution in [2.45, 2.75) is 70.9 Å². The predicted molar refractivity (Wildman–Crippen MR) is 82.1 cm³/mol. The number of nitrogens with one attached hydrogen (secondary N) is 1. The zero-order valence-electron chi connectivity index (χ0n) is 13.8. The predicted octanol–water partition coefficient (Wildman–Crippen LogP) is 3.05. The Labute approximate surface area is 127 Å². The van der Waals surface area contributed by atoms with E-state index in [1.807, 2.05) is 13.8 Å². The Hall–Kier alpha value is -0.940. The van der Waals surface area contributed by atoms with Gasteiger partial charge in [-0.2, -0.15) is 4.98 Å². The second-order valence-electron chi connectivity index (χ2n) is 6.54. The van der Waals surface area contributed by atoms with Gasteiger partial charge in [0.05, 0.1) is 0 Å². The molecule has 120 valence electrons. The van der Waals surface area contributed by atoms with E-state index in [9.17, 15) is 0 Å². The van der Waals surface area contributed by atoms with Gasteiger partial charge in [-0.15, -0.1) is 0 Å². The third-order valence-electron chi connectivity index (χ3n) is 4.52. The van der Waals surface area contributed by atoms with E-state index in [1.54, 1.807) is 7.11 Å². The van der Waals surface area contributed by atoms with Crippen LogP contribution in [0.4, 0.5) is 0 Å². The zero-order valence-corrected chi connectivity index (χ0v) is 13.8. The van der Waals surface area contributed by atoms with E-state index in [0.717, 1.165) is 18.9 Å². The summed E-state index contributed by atoms with van der Waals surface area (Å²) in [5.41, 5.74) is -0.492. The number of hydrogen-bond acceptors (Lipinski definition) is 5. The number of methoxy groups -OCH3 is 1. The summed E-state index contributed by atoms with van der Waals surface area (Å²) in [5, 5.41) is 7.76. The Morgan fingerprint density at radius 2 is 2.10 bits per heavy atom. The maximum Gasteiger partial charge on any atom is 0.227 e. The Balaban J connectivity index is 1.99. The van der Waals surface area contributed by atoms with Crippen molar-refractivity contribution in [3.63, 3.8) is 0 Å². The van der Waals surface area contributed by atoms with Crippen LogP contribution in [0.15, 0.2) is 4.52 Å². The van der Waals surface area contributed by atoms with Crippen LogP contribution >= 0.6 is 0 Å². The minimum atomic E-state index is -0.492. The highest BCUT2D eigenvalue weighted by Crippen LogP contribution is 2.28. The Bertz CT molecular complexity index is 431. The molecule has 1 N–H and O–H groups in total. The lowest BCUT2D eigenvalue weighted by molar-refractivity contribution is 0.00973. The Kier molecular flexibility index (Phi) is 5.76. The van der Waals surface area contributed by atoms with Crippen LogP contribution in [-0.4, -0.2) is 29.8 Å². The fourth-order valence-electron chi connectivity index (χ4n) is 2.95. The molecule has 0 saturated heterocycles. The van der Waals surface area contributed by atoms with Gasteiger partial charge in [0.2, 0.25) is 11.7 Å². The highest BCUT2D eigenvalue weighted by atomic mass is 16.5. The average molecular weight is 295 g/mol. The molecule has 0 radical (unpaired) electrons. The topological polar surface area (TPSA) is 60.2 Å². The van der Waals surface area contributed by atoms with Crippen molar-refractivity contribution >= 4 is 0 Å². The molecule has 1 aliphatic carbocycles. The van der Waals surface area contributed by atoms with Gasteiger partial charge in [-0.25, -0.2) is 0 Å². The SMILES string of the molecule is CCCNC1CCCCC1Cc1nc(C(C)(C)OC)no1. The van der Waals surface area contributed by atoms with Crippen molar-refractivity contribution < 1.29 is 9.26 Å². The maximum atomic E-state index is 5.44. The second kappa shape index (κ2) is 7.36. The molecule has 21 heavy (non-hydrogen) atoms. The lowest BCUT2D eigenvalue weighted by Crippen LogP contribution is -2.39. The van der Waals surface area contributed by atoms with E-state index in [2.05, 4.69) is 22.4 Å². The van der Waals surface area contributed by atoms with Crippen LogP contribution in [0, 0.1) is 5.92 Å². The van der Waals surface area contributed by atoms with Gasteiger partial charge in [0.15, 0.2) is 0 Å². The average Bonchev–Trinajstić information content (AvgIpc) is 2.96. The second-order valence-corrected chi connectivity index (χ2v) is 6.54. The number of ether oxygens (including phenoxy) is 1. The molecule has 2 unspecified atom stereocenters. The standard InChI is InChI=1S/C16H29N3O2/c1-5-10-17-13-9-7-6-8-12(13)11-14-18-15(19-21-14)16(2,3)20-4/h12-13,17H,5-11H2,1-4H3. The number of hydrogen-bond donors (Lipinski definition) is 1. The minimum Gasteiger partial charge on any atom is -0.371 e. The maximum absolute atomic E-state index is 5.44. The van der Waals surface area contributed by atoms with Gasteiger partial charge in [0, 0.05) is 19.6 Å². The van der Waals surface area contributed by atoms with Gasteiger partial charge in [-0.1, -0.05) is 24.9 Å². The lowest BCUT2D eigenvalue weighted by atomic mass is 9.82. The smallest absolute Gasteiger partial charge is 0.227 e. The highest BCUT2D eigenvalue weighted by molar-refractivity contribution is 4.98. The molecule has 0 aromatic carbocycles. The summed E-state index contributed by atoms with van der Waals surface area (Å²) in [6.45, 7) is 7.20. The summed E-state index contributed by atoms with van der Waals surface area (Å²) in [7, 11) is 1.67. The normalized spacial score (nSPS) is 23.4. The fourth-order valence-corrected chi connectivity index (χ4v) is 2.95. The van der Waals surface area contributed by atoms with Gasteiger partial charge < -0.3 is 14.6 Å². The number of rotatable bonds is 7. The molecular weight excluding hydrogens is 266 g/mol. The zero-order chi connectivity index (χ0) is 15.3. The van der Waals surface area contributed by atoms with E-state index < -0.39 is 5.60 Å². The first-order valence-electron chi connectivity index (χ1n) is 8.18. The van der Waals surface area contributed by atoms with Crippen molar-refractivity contribution in [1.29, 1.82) is 0 Å². The molecule has 5 heteroatoms. The quantitative estimate of drug-likeness (QED) is 0.837. The van der Waals surface area contributed by atoms with Crippen molar-refractivity contribution in [3.8, 4) is 0 Å². The number of aromatic nitrogens is 2. The Morgan fingerprint density at radius 3 is 2.81 bits per heavy atom. The molecular formula is C16H29N3O2. The van der Waals surface area contributed by atoms with Crippen molar-refractivity contribution in [3.05, 3.63) is 11.7 Å². The van der Waals surface area contributed by atoms with Crippen molar-refractivity contribution in [2.24, 2.45) is 5.92 Å². The summed E-state index contributed by atoms with van der Waals surface area (Å²) in [5.74, 6) is 1.98. The van der Waals surface area contributed by atoms with Gasteiger partial charge in [-0.3, -0.25) is 0 Å². The van der Waals surface area contributed by atoms with Crippen LogP contribution in [-0.2, 0) is 16.8 Å². The summed E-state index contributed by atoms with van der Waals surface area (Å²) in [6.07, 6.45) is 7.18. The molecule has 0 aliphatic heterocycles. The third-order valence-corrected chi connectivity index (χ3v) is 4.52. The van der Waals surface area contributed by atoms with Crippen LogP contribution in [0.3, 0.4) is 0 Å². The van der Waals surface area contributed by atoms with Gasteiger partial charge >= 0.3 is 0 Å². The van der Waals surface area contributed by atoms with Crippen LogP contribution in [0.2, 0.25) is 0 Å². The molecule has 0 bridgehead atoms. The monoisotopic (exact) mass is 295 g/mol. The lowest BCUT2D eigenvalue weighted by Gasteiger charge is -2.31. The summed E-state index contributed by atoms with van der Waals surface area (Å²) < 4.78 is 10.8. The first-order valence-corrected chi connectivity index (χ1v) is 8.18. The van der Waals surface area contributed by atoms with E-state index in [-0.39, 0.29) is 0 Å². The fraction of sp³-hybridized carbons (Fsp3) is 0.875. The molecule has 2 atom stereocenters. The van der Waals surface area contributed by atoms with Crippen LogP contribution in [0.25, 0.3) is 0 Å². The van der Waals surface area contributed by atoms with E-state index in [0.29, 0.717) is 17.8 Å². The molecule has 5 nitrogen and oxygen atoms in total. The van der Waals surface area contributed by atoms with Crippen molar-refractivity contribution in [2.75, 3.05) is 13.7 Å². The van der Waals surface area contributed by atoms with Crippen LogP contribution in [0.5, 0.6) is 0 Å². The molecule has 1 heterocycles. The van der Waals surface area contributed by atoms with Crippen LogP contribution < -0.4 is 5.32 Å². The molecule has 1 aliphatic rings. The molecule has 1 saturated carbocycles. The Morgan fingerprint density at radius 1 is 1.33 bits per heavy atom. The van der Waals surface area contributed by atoms with Gasteiger partial charge in [-0.05, 0) is 45.6 Å². The first kappa shape index (κ1) is 16.4. The summed E-state index contributed by atoms with van der Waals surface area (Å²) in [4.78, 5) is 4.53. The van der Waals surface area contributed by atoms with E-state index in [1.165, 1.54) is 32.1 Å². The van der Waals surface area contributed by atoms with E-state index in [4.69, 9.17) is 9.26 Å².